The van der Waals surface area contributed by atoms with Gasteiger partial charge in [0.2, 0.25) is 11.9 Å². The summed E-state index contributed by atoms with van der Waals surface area (Å²) in [4.78, 5) is 25.5. The molecule has 202 valence electrons. The fraction of sp³-hybridized carbons (Fsp3) is 0.259. The van der Waals surface area contributed by atoms with Gasteiger partial charge < -0.3 is 25.2 Å². The van der Waals surface area contributed by atoms with Crippen molar-refractivity contribution in [3.63, 3.8) is 0 Å². The van der Waals surface area contributed by atoms with Crippen LogP contribution in [0.25, 0.3) is 22.3 Å². The number of nitrogens with one attached hydrogen (secondary N) is 3. The van der Waals surface area contributed by atoms with Crippen molar-refractivity contribution in [2.75, 3.05) is 62.5 Å². The highest BCUT2D eigenvalue weighted by molar-refractivity contribution is 6.33. The molecule has 0 radical (unpaired) electrons. The number of ether oxygens (including phenoxy) is 1. The van der Waals surface area contributed by atoms with E-state index in [4.69, 9.17) is 21.3 Å². The van der Waals surface area contributed by atoms with Gasteiger partial charge in [-0.2, -0.15) is 10.1 Å². The number of carbonyl (C=O) groups excluding carboxylic acids is 1. The number of aromatic nitrogens is 4. The third-order valence-electron chi connectivity index (χ3n) is 6.09. The van der Waals surface area contributed by atoms with Crippen LogP contribution in [-0.2, 0) is 9.53 Å². The van der Waals surface area contributed by atoms with Gasteiger partial charge in [-0.25, -0.2) is 9.37 Å². The van der Waals surface area contributed by atoms with Crippen LogP contribution in [-0.4, -0.2) is 77.9 Å². The number of anilines is 4. The second-order valence-electron chi connectivity index (χ2n) is 9.27. The number of benzene rings is 2. The number of fused-ring (bicyclic) bond motifs is 1. The van der Waals surface area contributed by atoms with Gasteiger partial charge in [-0.05, 0) is 50.5 Å². The van der Waals surface area contributed by atoms with E-state index in [1.54, 1.807) is 42.6 Å². The van der Waals surface area contributed by atoms with Crippen molar-refractivity contribution < 1.29 is 13.9 Å². The Kier molecular flexibility index (Phi) is 8.01. The van der Waals surface area contributed by atoms with Gasteiger partial charge in [-0.3, -0.25) is 9.89 Å². The molecule has 0 spiro atoms. The zero-order valence-electron chi connectivity index (χ0n) is 21.5. The first-order valence-corrected chi connectivity index (χ1v) is 12.8. The summed E-state index contributed by atoms with van der Waals surface area (Å²) in [6, 6.07) is 9.96. The van der Waals surface area contributed by atoms with Crippen LogP contribution in [0, 0.1) is 5.82 Å². The molecule has 39 heavy (non-hydrogen) atoms. The third kappa shape index (κ3) is 6.33. The van der Waals surface area contributed by atoms with Crippen LogP contribution < -0.4 is 15.5 Å². The molecule has 1 aliphatic rings. The maximum atomic E-state index is 14.6. The zero-order chi connectivity index (χ0) is 27.4. The molecule has 3 N–H and O–H groups in total. The summed E-state index contributed by atoms with van der Waals surface area (Å²) < 4.78 is 20.0. The lowest BCUT2D eigenvalue weighted by Crippen LogP contribution is -2.36. The molecule has 5 rings (SSSR count). The molecule has 1 aliphatic heterocycles. The van der Waals surface area contributed by atoms with Gasteiger partial charge in [0.25, 0.3) is 0 Å². The van der Waals surface area contributed by atoms with E-state index in [9.17, 15) is 9.18 Å². The second kappa shape index (κ2) is 11.8. The van der Waals surface area contributed by atoms with E-state index in [-0.39, 0.29) is 17.7 Å². The van der Waals surface area contributed by atoms with Crippen molar-refractivity contribution in [3.05, 3.63) is 65.6 Å². The van der Waals surface area contributed by atoms with E-state index in [0.717, 1.165) is 0 Å². The van der Waals surface area contributed by atoms with Crippen molar-refractivity contribution in [1.82, 2.24) is 25.1 Å². The van der Waals surface area contributed by atoms with Crippen molar-refractivity contribution in [2.24, 2.45) is 0 Å². The van der Waals surface area contributed by atoms with Crippen LogP contribution in [0.1, 0.15) is 0 Å². The van der Waals surface area contributed by atoms with E-state index in [1.165, 1.54) is 12.1 Å². The minimum atomic E-state index is -0.310. The SMILES string of the molecule is CN(C)C/C=C/C(=O)Nc1ccc(Cl)c(-c2nc(Nc3ccc(F)c(N4CCOCC4)c3)nc3[nH]ncc23)c1. The summed E-state index contributed by atoms with van der Waals surface area (Å²) in [6.45, 7) is 2.96. The van der Waals surface area contributed by atoms with Crippen LogP contribution in [0.3, 0.4) is 0 Å². The molecule has 0 saturated carbocycles. The molecule has 3 heterocycles. The van der Waals surface area contributed by atoms with E-state index < -0.39 is 0 Å². The topological polar surface area (TPSA) is 111 Å². The van der Waals surface area contributed by atoms with Crippen LogP contribution in [0.4, 0.5) is 27.4 Å². The monoisotopic (exact) mass is 550 g/mol. The Morgan fingerprint density at radius 3 is 2.77 bits per heavy atom. The second-order valence-corrected chi connectivity index (χ2v) is 9.67. The summed E-state index contributed by atoms with van der Waals surface area (Å²) in [5.41, 5.74) is 3.28. The van der Waals surface area contributed by atoms with Crippen LogP contribution in [0.2, 0.25) is 5.02 Å². The fourth-order valence-corrected chi connectivity index (χ4v) is 4.41. The largest absolute Gasteiger partial charge is 0.378 e. The minimum absolute atomic E-state index is 0.254. The Balaban J connectivity index is 1.45. The molecule has 0 atom stereocenters. The van der Waals surface area contributed by atoms with Crippen LogP contribution in [0.15, 0.2) is 54.7 Å². The first-order valence-electron chi connectivity index (χ1n) is 12.4. The molecule has 2 aromatic carbocycles. The quantitative estimate of drug-likeness (QED) is 0.276. The van der Waals surface area contributed by atoms with Crippen molar-refractivity contribution in [1.29, 1.82) is 0 Å². The maximum absolute atomic E-state index is 14.6. The Hall–Kier alpha value is -4.06. The number of hydrogen-bond acceptors (Lipinski definition) is 8. The highest BCUT2D eigenvalue weighted by atomic mass is 35.5. The van der Waals surface area contributed by atoms with Crippen LogP contribution in [0.5, 0.6) is 0 Å². The van der Waals surface area contributed by atoms with Crippen molar-refractivity contribution in [2.45, 2.75) is 0 Å². The molecule has 0 aliphatic carbocycles. The number of aromatic amines is 1. The van der Waals surface area contributed by atoms with Crippen LogP contribution >= 0.6 is 11.6 Å². The predicted octanol–water partition coefficient (Wildman–Crippen LogP) is 4.45. The summed E-state index contributed by atoms with van der Waals surface area (Å²) in [6.07, 6.45) is 4.89. The lowest BCUT2D eigenvalue weighted by molar-refractivity contribution is -0.111. The summed E-state index contributed by atoms with van der Waals surface area (Å²) in [7, 11) is 3.85. The standard InChI is InChI=1S/C27H28ClFN8O2/c1-36(2)9-3-4-24(38)31-17-5-7-21(28)19(14-17)25-20-16-30-35-26(20)34-27(33-25)32-18-6-8-22(29)23(15-18)37-10-12-39-13-11-37/h3-8,14-16H,9-13H2,1-2H3,(H,31,38)(H2,30,32,33,34,35)/b4-3+. The van der Waals surface area contributed by atoms with E-state index in [1.807, 2.05) is 23.9 Å². The smallest absolute Gasteiger partial charge is 0.248 e. The van der Waals surface area contributed by atoms with Gasteiger partial charge >= 0.3 is 0 Å². The Morgan fingerprint density at radius 1 is 1.18 bits per heavy atom. The number of halogens is 2. The fourth-order valence-electron chi connectivity index (χ4n) is 4.20. The molecular formula is C27H28ClFN8O2. The first kappa shape index (κ1) is 26.5. The minimum Gasteiger partial charge on any atom is -0.378 e. The van der Waals surface area contributed by atoms with Crippen molar-refractivity contribution in [3.8, 4) is 11.3 Å². The van der Waals surface area contributed by atoms with Gasteiger partial charge in [0.05, 0.1) is 41.2 Å². The van der Waals surface area contributed by atoms with E-state index >= 15 is 0 Å². The number of likely N-dealkylation sites (N-methyl/N-ethyl adjacent to an activating group) is 1. The average molecular weight is 551 g/mol. The Morgan fingerprint density at radius 2 is 1.97 bits per heavy atom. The summed E-state index contributed by atoms with van der Waals surface area (Å²) in [5.74, 6) is -0.287. The summed E-state index contributed by atoms with van der Waals surface area (Å²) in [5, 5.41) is 14.1. The Bertz CT molecular complexity index is 1520. The van der Waals surface area contributed by atoms with Crippen molar-refractivity contribution >= 4 is 51.6 Å². The van der Waals surface area contributed by atoms with Gasteiger partial charge in [-0.1, -0.05) is 17.7 Å². The number of morpholine rings is 1. The lowest BCUT2D eigenvalue weighted by Gasteiger charge is -2.29. The van der Waals surface area contributed by atoms with E-state index in [2.05, 4.69) is 25.8 Å². The number of nitrogens with zero attached hydrogens (tertiary/aromatic N) is 5. The molecule has 1 saturated heterocycles. The molecule has 0 bridgehead atoms. The van der Waals surface area contributed by atoms with Gasteiger partial charge in [0.15, 0.2) is 5.65 Å². The molecule has 2 aromatic heterocycles. The number of hydrogen-bond donors (Lipinski definition) is 3. The molecule has 10 nitrogen and oxygen atoms in total. The van der Waals surface area contributed by atoms with Gasteiger partial charge in [0.1, 0.15) is 5.82 Å². The van der Waals surface area contributed by atoms with Gasteiger partial charge in [-0.15, -0.1) is 0 Å². The number of amides is 1. The molecule has 1 fully saturated rings. The third-order valence-corrected chi connectivity index (χ3v) is 6.42. The van der Waals surface area contributed by atoms with Gasteiger partial charge in [0, 0.05) is 42.6 Å². The Labute approximate surface area is 229 Å². The number of H-pyrrole nitrogens is 1. The highest BCUT2D eigenvalue weighted by Gasteiger charge is 2.18. The lowest BCUT2D eigenvalue weighted by atomic mass is 10.1. The summed E-state index contributed by atoms with van der Waals surface area (Å²) >= 11 is 6.59. The molecular weight excluding hydrogens is 523 g/mol. The first-order chi connectivity index (χ1) is 18.9. The molecule has 4 aromatic rings. The average Bonchev–Trinajstić information content (AvgIpc) is 3.39. The van der Waals surface area contributed by atoms with E-state index in [0.29, 0.717) is 77.2 Å². The normalized spacial score (nSPS) is 13.9. The molecule has 12 heteroatoms. The number of rotatable bonds is 8. The molecule has 0 unspecified atom stereocenters. The molecule has 1 amide bonds. The zero-order valence-corrected chi connectivity index (χ0v) is 22.3. The highest BCUT2D eigenvalue weighted by Crippen LogP contribution is 2.34. The maximum Gasteiger partial charge on any atom is 0.248 e. The number of carbonyl (C=O) groups is 1. The predicted molar refractivity (Wildman–Crippen MR) is 151 cm³/mol.